The van der Waals surface area contributed by atoms with E-state index in [1.54, 1.807) is 25.3 Å². The Labute approximate surface area is 189 Å². The van der Waals surface area contributed by atoms with E-state index in [1.165, 1.54) is 11.3 Å². The number of nitrogens with two attached hydrogens (primary N) is 1. The predicted octanol–water partition coefficient (Wildman–Crippen LogP) is 2.66. The highest BCUT2D eigenvalue weighted by molar-refractivity contribution is 7.13. The van der Waals surface area contributed by atoms with Gasteiger partial charge >= 0.3 is 0 Å². The van der Waals surface area contributed by atoms with Gasteiger partial charge in [-0.3, -0.25) is 19.9 Å². The van der Waals surface area contributed by atoms with Gasteiger partial charge in [-0.25, -0.2) is 9.97 Å². The lowest BCUT2D eigenvalue weighted by molar-refractivity contribution is -0.129. The van der Waals surface area contributed by atoms with E-state index in [9.17, 15) is 9.59 Å². The monoisotopic (exact) mass is 449 g/mol. The maximum Gasteiger partial charge on any atom is 0.257 e. The number of hydrogen-bond donors (Lipinski definition) is 2. The van der Waals surface area contributed by atoms with Crippen molar-refractivity contribution in [3.05, 3.63) is 52.9 Å². The second-order valence-electron chi connectivity index (χ2n) is 7.82. The van der Waals surface area contributed by atoms with E-state index >= 15 is 0 Å². The van der Waals surface area contributed by atoms with Crippen LogP contribution in [0.25, 0.3) is 11.3 Å². The molecule has 164 valence electrons. The predicted molar refractivity (Wildman–Crippen MR) is 123 cm³/mol. The van der Waals surface area contributed by atoms with Gasteiger partial charge in [0.15, 0.2) is 5.13 Å². The Balaban J connectivity index is 1.50. The van der Waals surface area contributed by atoms with E-state index in [2.05, 4.69) is 19.9 Å². The number of thiazole rings is 1. The summed E-state index contributed by atoms with van der Waals surface area (Å²) in [5.74, 6) is 1.14. The number of likely N-dealkylation sites (tertiary alicyclic amines) is 1. The minimum Gasteiger partial charge on any atom is -0.382 e. The minimum absolute atomic E-state index is 0.0550. The van der Waals surface area contributed by atoms with Crippen LogP contribution in [0.4, 0.5) is 5.13 Å². The first kappa shape index (κ1) is 20.4. The number of nitrogens with zero attached hydrogens (tertiary/aromatic N) is 5. The average molecular weight is 450 g/mol. The number of amidine groups is 1. The summed E-state index contributed by atoms with van der Waals surface area (Å²) in [5, 5.41) is 5.15. The summed E-state index contributed by atoms with van der Waals surface area (Å²) in [5.41, 5.74) is 9.16. The van der Waals surface area contributed by atoms with Crippen LogP contribution in [-0.2, 0) is 11.3 Å². The molecule has 10 heteroatoms. The first-order valence-electron chi connectivity index (χ1n) is 10.5. The molecule has 2 aromatic heterocycles. The molecule has 0 aliphatic carbocycles. The van der Waals surface area contributed by atoms with Crippen LogP contribution in [0, 0.1) is 0 Å². The topological polar surface area (TPSA) is 118 Å². The molecule has 0 saturated carbocycles. The van der Waals surface area contributed by atoms with Crippen LogP contribution in [0.3, 0.4) is 0 Å². The lowest BCUT2D eigenvalue weighted by Crippen LogP contribution is -2.32. The molecule has 3 aromatic rings. The summed E-state index contributed by atoms with van der Waals surface area (Å²) < 4.78 is 2.10. The van der Waals surface area contributed by atoms with Crippen LogP contribution < -0.4 is 11.1 Å². The maximum absolute atomic E-state index is 12.5. The molecule has 5 rings (SSSR count). The number of anilines is 1. The fraction of sp³-hybridized carbons (Fsp3) is 0.318. The maximum atomic E-state index is 12.5. The smallest absolute Gasteiger partial charge is 0.257 e. The fourth-order valence-electron chi connectivity index (χ4n) is 4.40. The van der Waals surface area contributed by atoms with Crippen LogP contribution in [0.2, 0.25) is 0 Å². The van der Waals surface area contributed by atoms with E-state index in [-0.39, 0.29) is 17.9 Å². The molecule has 1 unspecified atom stereocenters. The summed E-state index contributed by atoms with van der Waals surface area (Å²) >= 11 is 1.37. The van der Waals surface area contributed by atoms with Gasteiger partial charge in [0.25, 0.3) is 5.91 Å². The van der Waals surface area contributed by atoms with Crippen molar-refractivity contribution in [3.8, 4) is 11.3 Å². The third-order valence-corrected chi connectivity index (χ3v) is 6.56. The van der Waals surface area contributed by atoms with Gasteiger partial charge in [-0.05, 0) is 25.0 Å². The van der Waals surface area contributed by atoms with Crippen LogP contribution in [0.15, 0.2) is 40.8 Å². The highest BCUT2D eigenvalue weighted by Gasteiger charge is 2.34. The number of nitrogens with one attached hydrogen (secondary N) is 1. The van der Waals surface area contributed by atoms with Crippen molar-refractivity contribution in [3.63, 3.8) is 0 Å². The molecule has 2 amide bonds. The summed E-state index contributed by atoms with van der Waals surface area (Å²) in [6.07, 6.45) is 3.48. The zero-order valence-corrected chi connectivity index (χ0v) is 18.4. The molecule has 0 bridgehead atoms. The molecular formula is C22H23N7O2S. The van der Waals surface area contributed by atoms with Crippen molar-refractivity contribution in [1.29, 1.82) is 0 Å². The van der Waals surface area contributed by atoms with Crippen molar-refractivity contribution >= 4 is 34.1 Å². The van der Waals surface area contributed by atoms with Crippen LogP contribution in [0.1, 0.15) is 47.7 Å². The second kappa shape index (κ2) is 8.19. The molecule has 1 atom stereocenters. The van der Waals surface area contributed by atoms with Gasteiger partial charge in [0, 0.05) is 42.7 Å². The number of aromatic nitrogens is 3. The fourth-order valence-corrected chi connectivity index (χ4v) is 4.93. The van der Waals surface area contributed by atoms with Gasteiger partial charge in [-0.1, -0.05) is 12.1 Å². The molecule has 9 nitrogen and oxygen atoms in total. The molecule has 3 N–H and O–H groups in total. The zero-order chi connectivity index (χ0) is 22.2. The van der Waals surface area contributed by atoms with Gasteiger partial charge in [0.1, 0.15) is 17.4 Å². The molecule has 2 aliphatic rings. The van der Waals surface area contributed by atoms with Crippen molar-refractivity contribution < 1.29 is 9.59 Å². The molecular weight excluding hydrogens is 426 g/mol. The van der Waals surface area contributed by atoms with E-state index in [0.717, 1.165) is 42.2 Å². The molecule has 1 fully saturated rings. The van der Waals surface area contributed by atoms with Crippen LogP contribution >= 0.6 is 11.3 Å². The van der Waals surface area contributed by atoms with E-state index < -0.39 is 0 Å². The quantitative estimate of drug-likeness (QED) is 0.635. The van der Waals surface area contributed by atoms with Crippen molar-refractivity contribution in [1.82, 2.24) is 19.4 Å². The molecule has 1 saturated heterocycles. The van der Waals surface area contributed by atoms with Crippen LogP contribution in [-0.4, -0.2) is 50.2 Å². The number of amides is 2. The number of aliphatic imine (C=N–C) groups is 1. The van der Waals surface area contributed by atoms with Gasteiger partial charge in [-0.15, -0.1) is 11.3 Å². The molecule has 1 aromatic carbocycles. The Bertz CT molecular complexity index is 1200. The number of fused-ring (bicyclic) bond motifs is 1. The Morgan fingerprint density at radius 1 is 1.22 bits per heavy atom. The highest BCUT2D eigenvalue weighted by Crippen LogP contribution is 2.36. The Kier molecular flexibility index (Phi) is 5.22. The Morgan fingerprint density at radius 3 is 2.75 bits per heavy atom. The first-order valence-corrected chi connectivity index (χ1v) is 11.4. The lowest BCUT2D eigenvalue weighted by atomic mass is 10.1. The Morgan fingerprint density at radius 2 is 2.03 bits per heavy atom. The normalized spacial score (nSPS) is 17.7. The SMILES string of the molecule is CC(=O)N1CCCC1c1nc(-c2ccc(C(=O)Nc3nccs3)cc2)c2n1CCN=C2N. The third kappa shape index (κ3) is 3.56. The van der Waals surface area contributed by atoms with Crippen molar-refractivity contribution in [2.24, 2.45) is 10.7 Å². The standard InChI is InChI=1S/C22H23N7O2S/c1-13(30)28-10-2-3-16(28)20-26-17(18-19(23)24-8-11-29(18)20)14-4-6-15(7-5-14)21(31)27-22-25-9-12-32-22/h4-7,9,12,16H,2-3,8,10-11H2,1H3,(H2,23,24)(H,25,27,31). The van der Waals surface area contributed by atoms with Gasteiger partial charge in [-0.2, -0.15) is 0 Å². The van der Waals surface area contributed by atoms with Crippen molar-refractivity contribution in [2.45, 2.75) is 32.4 Å². The minimum atomic E-state index is -0.219. The number of carbonyl (C=O) groups excluding carboxylic acids is 2. The largest absolute Gasteiger partial charge is 0.382 e. The number of imidazole rings is 1. The van der Waals surface area contributed by atoms with Gasteiger partial charge < -0.3 is 15.2 Å². The van der Waals surface area contributed by atoms with Crippen LogP contribution in [0.5, 0.6) is 0 Å². The number of carbonyl (C=O) groups is 2. The number of benzene rings is 1. The molecule has 2 aliphatic heterocycles. The van der Waals surface area contributed by atoms with E-state index in [4.69, 9.17) is 10.7 Å². The molecule has 0 radical (unpaired) electrons. The third-order valence-electron chi connectivity index (χ3n) is 5.87. The van der Waals surface area contributed by atoms with E-state index in [1.807, 2.05) is 22.4 Å². The van der Waals surface area contributed by atoms with E-state index in [0.29, 0.717) is 29.6 Å². The zero-order valence-electron chi connectivity index (χ0n) is 17.6. The molecule has 4 heterocycles. The average Bonchev–Trinajstić information content (AvgIpc) is 3.53. The second-order valence-corrected chi connectivity index (χ2v) is 8.72. The first-order chi connectivity index (χ1) is 15.5. The summed E-state index contributed by atoms with van der Waals surface area (Å²) in [4.78, 5) is 40.0. The summed E-state index contributed by atoms with van der Waals surface area (Å²) in [7, 11) is 0. The molecule has 32 heavy (non-hydrogen) atoms. The van der Waals surface area contributed by atoms with Crippen molar-refractivity contribution in [2.75, 3.05) is 18.4 Å². The molecule has 0 spiro atoms. The summed E-state index contributed by atoms with van der Waals surface area (Å²) in [6.45, 7) is 3.60. The van der Waals surface area contributed by atoms with Gasteiger partial charge in [0.2, 0.25) is 5.91 Å². The lowest BCUT2D eigenvalue weighted by Gasteiger charge is -2.25. The highest BCUT2D eigenvalue weighted by atomic mass is 32.1. The number of rotatable bonds is 4. The van der Waals surface area contributed by atoms with Gasteiger partial charge in [0.05, 0.1) is 18.3 Å². The summed E-state index contributed by atoms with van der Waals surface area (Å²) in [6, 6.07) is 7.19. The number of hydrogen-bond acceptors (Lipinski definition) is 7. The Hall–Kier alpha value is -3.53.